The Hall–Kier alpha value is -3.52. The maximum absolute atomic E-state index is 13.2. The number of hydrogen-bond acceptors (Lipinski definition) is 5. The fourth-order valence-electron chi connectivity index (χ4n) is 3.97. The molecule has 2 aliphatic heterocycles. The van der Waals surface area contributed by atoms with Gasteiger partial charge in [-0.1, -0.05) is 17.7 Å². The Kier molecular flexibility index (Phi) is 5.01. The van der Waals surface area contributed by atoms with Gasteiger partial charge in [0.15, 0.2) is 11.5 Å². The zero-order chi connectivity index (χ0) is 22.3. The minimum atomic E-state index is -3.67. The first-order valence-electron chi connectivity index (χ1n) is 10.4. The van der Waals surface area contributed by atoms with Crippen LogP contribution < -0.4 is 19.1 Å². The number of nitrogens with zero attached hydrogens (tertiary/aromatic N) is 1. The zero-order valence-corrected chi connectivity index (χ0v) is 18.3. The number of aryl methyl sites for hydroxylation is 2. The summed E-state index contributed by atoms with van der Waals surface area (Å²) in [6, 6.07) is 17.2. The molecule has 2 aliphatic rings. The topological polar surface area (TPSA) is 84.9 Å². The first-order valence-corrected chi connectivity index (χ1v) is 11.8. The second kappa shape index (κ2) is 7.87. The Balaban J connectivity index is 1.40. The van der Waals surface area contributed by atoms with E-state index in [-0.39, 0.29) is 17.6 Å². The van der Waals surface area contributed by atoms with Crippen LogP contribution in [0.1, 0.15) is 27.9 Å². The summed E-state index contributed by atoms with van der Waals surface area (Å²) in [6.07, 6.45) is 1.39. The maximum Gasteiger partial charge on any atom is 0.264 e. The van der Waals surface area contributed by atoms with E-state index in [1.165, 1.54) is 4.31 Å². The van der Waals surface area contributed by atoms with Crippen molar-refractivity contribution in [3.63, 3.8) is 0 Å². The predicted molar refractivity (Wildman–Crippen MR) is 121 cm³/mol. The van der Waals surface area contributed by atoms with Crippen LogP contribution in [0.5, 0.6) is 11.5 Å². The summed E-state index contributed by atoms with van der Waals surface area (Å²) in [7, 11) is -3.67. The SMILES string of the molecule is Cc1ccc(S(=O)(=O)N2CCCc3cc(C(=O)Nc4ccc5c(c4)OCO5)ccc32)cc1. The average Bonchev–Trinajstić information content (AvgIpc) is 3.26. The predicted octanol–water partition coefficient (Wildman–Crippen LogP) is 4.12. The lowest BCUT2D eigenvalue weighted by Crippen LogP contribution is -2.35. The van der Waals surface area contributed by atoms with Crippen molar-refractivity contribution in [1.29, 1.82) is 0 Å². The lowest BCUT2D eigenvalue weighted by molar-refractivity contribution is 0.102. The van der Waals surface area contributed by atoms with Gasteiger partial charge in [-0.15, -0.1) is 0 Å². The Bertz CT molecular complexity index is 1300. The van der Waals surface area contributed by atoms with Gasteiger partial charge in [0.05, 0.1) is 10.6 Å². The Labute approximate surface area is 186 Å². The van der Waals surface area contributed by atoms with Gasteiger partial charge in [-0.05, 0) is 67.8 Å². The molecule has 0 radical (unpaired) electrons. The number of nitrogens with one attached hydrogen (secondary N) is 1. The van der Waals surface area contributed by atoms with Crippen LogP contribution in [0.2, 0.25) is 0 Å². The molecule has 0 saturated heterocycles. The Morgan fingerprint density at radius 1 is 0.969 bits per heavy atom. The number of benzene rings is 3. The van der Waals surface area contributed by atoms with Crippen molar-refractivity contribution in [1.82, 2.24) is 0 Å². The molecule has 2 heterocycles. The Morgan fingerprint density at radius 3 is 2.56 bits per heavy atom. The van der Waals surface area contributed by atoms with Crippen LogP contribution >= 0.6 is 0 Å². The molecule has 0 fully saturated rings. The first-order chi connectivity index (χ1) is 15.4. The van der Waals surface area contributed by atoms with Gasteiger partial charge in [0, 0.05) is 23.9 Å². The van der Waals surface area contributed by atoms with Crippen LogP contribution in [0, 0.1) is 6.92 Å². The monoisotopic (exact) mass is 450 g/mol. The van der Waals surface area contributed by atoms with Gasteiger partial charge in [-0.3, -0.25) is 9.10 Å². The van der Waals surface area contributed by atoms with Crippen LogP contribution in [-0.2, 0) is 16.4 Å². The number of hydrogen-bond donors (Lipinski definition) is 1. The number of sulfonamides is 1. The summed E-state index contributed by atoms with van der Waals surface area (Å²) in [5, 5.41) is 2.86. The molecule has 32 heavy (non-hydrogen) atoms. The highest BCUT2D eigenvalue weighted by atomic mass is 32.2. The minimum Gasteiger partial charge on any atom is -0.454 e. The van der Waals surface area contributed by atoms with Gasteiger partial charge in [-0.25, -0.2) is 8.42 Å². The van der Waals surface area contributed by atoms with Crippen molar-refractivity contribution in [3.8, 4) is 11.5 Å². The van der Waals surface area contributed by atoms with Crippen molar-refractivity contribution >= 4 is 27.3 Å². The van der Waals surface area contributed by atoms with Crippen LogP contribution in [0.25, 0.3) is 0 Å². The number of rotatable bonds is 4. The van der Waals surface area contributed by atoms with Crippen LogP contribution in [-0.4, -0.2) is 27.7 Å². The highest BCUT2D eigenvalue weighted by Crippen LogP contribution is 2.35. The fraction of sp³-hybridized carbons (Fsp3) is 0.208. The van der Waals surface area contributed by atoms with E-state index in [0.717, 1.165) is 11.1 Å². The average molecular weight is 451 g/mol. The fourth-order valence-corrected chi connectivity index (χ4v) is 5.51. The van der Waals surface area contributed by atoms with E-state index in [1.54, 1.807) is 60.7 Å². The highest BCUT2D eigenvalue weighted by molar-refractivity contribution is 7.92. The van der Waals surface area contributed by atoms with Gasteiger partial charge in [0.2, 0.25) is 6.79 Å². The number of ether oxygens (including phenoxy) is 2. The molecule has 164 valence electrons. The summed E-state index contributed by atoms with van der Waals surface area (Å²) in [5.74, 6) is 0.960. The van der Waals surface area contributed by atoms with Crippen molar-refractivity contribution in [3.05, 3.63) is 77.4 Å². The lowest BCUT2D eigenvalue weighted by atomic mass is 10.0. The third-order valence-electron chi connectivity index (χ3n) is 5.66. The van der Waals surface area contributed by atoms with Crippen molar-refractivity contribution in [2.24, 2.45) is 0 Å². The van der Waals surface area contributed by atoms with E-state index in [1.807, 2.05) is 6.92 Å². The molecule has 0 saturated carbocycles. The smallest absolute Gasteiger partial charge is 0.264 e. The molecule has 0 aliphatic carbocycles. The largest absolute Gasteiger partial charge is 0.454 e. The number of carbonyl (C=O) groups excluding carboxylic acids is 1. The molecule has 0 spiro atoms. The zero-order valence-electron chi connectivity index (χ0n) is 17.5. The van der Waals surface area contributed by atoms with E-state index in [2.05, 4.69) is 5.32 Å². The van der Waals surface area contributed by atoms with E-state index < -0.39 is 10.0 Å². The normalized spacial score (nSPS) is 14.7. The molecule has 0 unspecified atom stereocenters. The van der Waals surface area contributed by atoms with Crippen molar-refractivity contribution in [2.45, 2.75) is 24.7 Å². The molecular weight excluding hydrogens is 428 g/mol. The molecule has 0 bridgehead atoms. The minimum absolute atomic E-state index is 0.166. The third-order valence-corrected chi connectivity index (χ3v) is 7.48. The second-order valence-corrected chi connectivity index (χ2v) is 9.72. The summed E-state index contributed by atoms with van der Waals surface area (Å²) in [5.41, 5.74) is 3.53. The molecule has 3 aromatic carbocycles. The summed E-state index contributed by atoms with van der Waals surface area (Å²) < 4.78 is 38.6. The highest BCUT2D eigenvalue weighted by Gasteiger charge is 2.29. The number of carbonyl (C=O) groups is 1. The van der Waals surface area contributed by atoms with Gasteiger partial charge in [0.1, 0.15) is 0 Å². The van der Waals surface area contributed by atoms with Crippen LogP contribution in [0.4, 0.5) is 11.4 Å². The van der Waals surface area contributed by atoms with Crippen LogP contribution in [0.15, 0.2) is 65.6 Å². The maximum atomic E-state index is 13.2. The lowest BCUT2D eigenvalue weighted by Gasteiger charge is -2.30. The summed E-state index contributed by atoms with van der Waals surface area (Å²) >= 11 is 0. The van der Waals surface area contributed by atoms with E-state index in [4.69, 9.17) is 9.47 Å². The second-order valence-electron chi connectivity index (χ2n) is 7.86. The Morgan fingerprint density at radius 2 is 1.75 bits per heavy atom. The number of fused-ring (bicyclic) bond motifs is 2. The number of amides is 1. The molecule has 5 rings (SSSR count). The van der Waals surface area contributed by atoms with Crippen molar-refractivity contribution < 1.29 is 22.7 Å². The molecule has 0 atom stereocenters. The standard InChI is InChI=1S/C24H22N2O5S/c1-16-4-8-20(9-5-16)32(28,29)26-12-2-3-17-13-18(6-10-21(17)26)24(27)25-19-7-11-22-23(14-19)31-15-30-22/h4-11,13-14H,2-3,12,15H2,1H3,(H,25,27). The first kappa shape index (κ1) is 20.4. The van der Waals surface area contributed by atoms with E-state index in [9.17, 15) is 13.2 Å². The van der Waals surface area contributed by atoms with E-state index >= 15 is 0 Å². The summed E-state index contributed by atoms with van der Waals surface area (Å²) in [6.45, 7) is 2.49. The summed E-state index contributed by atoms with van der Waals surface area (Å²) in [4.78, 5) is 13.1. The van der Waals surface area contributed by atoms with Gasteiger partial charge in [-0.2, -0.15) is 0 Å². The molecule has 1 amide bonds. The van der Waals surface area contributed by atoms with Crippen LogP contribution in [0.3, 0.4) is 0 Å². The van der Waals surface area contributed by atoms with Gasteiger partial charge >= 0.3 is 0 Å². The van der Waals surface area contributed by atoms with Gasteiger partial charge < -0.3 is 14.8 Å². The number of anilines is 2. The molecule has 1 N–H and O–H groups in total. The van der Waals surface area contributed by atoms with Crippen molar-refractivity contribution in [2.75, 3.05) is 23.0 Å². The van der Waals surface area contributed by atoms with E-state index in [0.29, 0.717) is 47.8 Å². The molecule has 7 nitrogen and oxygen atoms in total. The van der Waals surface area contributed by atoms with Gasteiger partial charge in [0.25, 0.3) is 15.9 Å². The molecule has 3 aromatic rings. The molecule has 8 heteroatoms. The third kappa shape index (κ3) is 3.67. The molecule has 0 aromatic heterocycles. The quantitative estimate of drug-likeness (QED) is 0.646. The molecular formula is C24H22N2O5S.